The van der Waals surface area contributed by atoms with Crippen LogP contribution in [0.3, 0.4) is 0 Å². The number of thioether (sulfide) groups is 1. The number of hydrogen-bond acceptors (Lipinski definition) is 5. The quantitative estimate of drug-likeness (QED) is 0.403. The first kappa shape index (κ1) is 17.5. The molecular formula is C15H25NO2S2. The molecule has 114 valence electrons. The zero-order valence-electron chi connectivity index (χ0n) is 12.6. The second kappa shape index (κ2) is 9.42. The summed E-state index contributed by atoms with van der Waals surface area (Å²) in [5.74, 6) is 0.901. The van der Waals surface area contributed by atoms with Crippen molar-refractivity contribution >= 4 is 29.1 Å². The molecule has 1 heterocycles. The summed E-state index contributed by atoms with van der Waals surface area (Å²) in [6.07, 6.45) is 2.82. The fourth-order valence-corrected chi connectivity index (χ4v) is 3.70. The summed E-state index contributed by atoms with van der Waals surface area (Å²) in [5.41, 5.74) is -0.554. The summed E-state index contributed by atoms with van der Waals surface area (Å²) >= 11 is 3.62. The molecule has 0 fully saturated rings. The topological polar surface area (TPSA) is 38.3 Å². The van der Waals surface area contributed by atoms with Gasteiger partial charge in [0.15, 0.2) is 0 Å². The van der Waals surface area contributed by atoms with Crippen molar-refractivity contribution in [2.45, 2.75) is 49.8 Å². The third-order valence-electron chi connectivity index (χ3n) is 3.05. The number of rotatable bonds is 10. The molecule has 1 unspecified atom stereocenters. The van der Waals surface area contributed by atoms with Crippen LogP contribution in [-0.4, -0.2) is 30.4 Å². The van der Waals surface area contributed by atoms with Crippen LogP contribution in [-0.2, 0) is 9.53 Å². The number of hydrogen-bond donors (Lipinski definition) is 1. The Morgan fingerprint density at radius 1 is 1.50 bits per heavy atom. The average Bonchev–Trinajstić information content (AvgIpc) is 2.95. The van der Waals surface area contributed by atoms with E-state index >= 15 is 0 Å². The Morgan fingerprint density at radius 2 is 2.30 bits per heavy atom. The van der Waals surface area contributed by atoms with Crippen molar-refractivity contribution in [1.82, 2.24) is 5.32 Å². The van der Waals surface area contributed by atoms with Crippen LogP contribution in [0.4, 0.5) is 0 Å². The van der Waals surface area contributed by atoms with Crippen molar-refractivity contribution in [3.63, 3.8) is 0 Å². The third-order valence-corrected chi connectivity index (χ3v) is 5.27. The van der Waals surface area contributed by atoms with Crippen LogP contribution in [0.1, 0.15) is 40.0 Å². The third kappa shape index (κ3) is 5.85. The molecule has 0 aromatic carbocycles. The highest BCUT2D eigenvalue weighted by Gasteiger charge is 2.33. The van der Waals surface area contributed by atoms with Gasteiger partial charge in [-0.3, -0.25) is 4.79 Å². The maximum atomic E-state index is 12.1. The number of nitrogens with one attached hydrogen (secondary N) is 1. The Bertz CT molecular complexity index is 381. The summed E-state index contributed by atoms with van der Waals surface area (Å²) in [6.45, 7) is 7.19. The van der Waals surface area contributed by atoms with Gasteiger partial charge in [0.1, 0.15) is 5.54 Å². The smallest absolute Gasteiger partial charge is 0.326 e. The summed E-state index contributed by atoms with van der Waals surface area (Å²) in [5, 5.41) is 5.43. The van der Waals surface area contributed by atoms with Crippen LogP contribution in [0, 0.1) is 0 Å². The van der Waals surface area contributed by atoms with Gasteiger partial charge in [0, 0.05) is 0 Å². The first-order valence-electron chi connectivity index (χ1n) is 7.21. The summed E-state index contributed by atoms with van der Waals surface area (Å²) in [4.78, 5) is 12.1. The van der Waals surface area contributed by atoms with E-state index in [1.54, 1.807) is 11.3 Å². The van der Waals surface area contributed by atoms with Crippen LogP contribution >= 0.6 is 23.1 Å². The molecule has 20 heavy (non-hydrogen) atoms. The monoisotopic (exact) mass is 315 g/mol. The molecule has 0 aliphatic heterocycles. The lowest BCUT2D eigenvalue weighted by Gasteiger charge is -2.28. The maximum absolute atomic E-state index is 12.1. The molecule has 1 aromatic heterocycles. The van der Waals surface area contributed by atoms with Crippen LogP contribution in [0.5, 0.6) is 0 Å². The Morgan fingerprint density at radius 3 is 2.90 bits per heavy atom. The highest BCUT2D eigenvalue weighted by atomic mass is 32.2. The number of thiophene rings is 1. The van der Waals surface area contributed by atoms with Gasteiger partial charge in [-0.2, -0.15) is 0 Å². The van der Waals surface area contributed by atoms with E-state index in [2.05, 4.69) is 29.8 Å². The van der Waals surface area contributed by atoms with Gasteiger partial charge in [0.05, 0.1) is 10.8 Å². The van der Waals surface area contributed by atoms with Crippen molar-refractivity contribution < 1.29 is 9.53 Å². The van der Waals surface area contributed by atoms with E-state index in [0.29, 0.717) is 6.61 Å². The molecule has 0 spiro atoms. The molecular weight excluding hydrogens is 290 g/mol. The van der Waals surface area contributed by atoms with E-state index in [4.69, 9.17) is 4.74 Å². The molecule has 1 N–H and O–H groups in total. The van der Waals surface area contributed by atoms with Crippen LogP contribution in [0.2, 0.25) is 0 Å². The molecule has 1 aromatic rings. The van der Waals surface area contributed by atoms with E-state index in [1.165, 1.54) is 4.21 Å². The van der Waals surface area contributed by atoms with Crippen molar-refractivity contribution in [1.29, 1.82) is 0 Å². The predicted octanol–water partition coefficient (Wildman–Crippen LogP) is 3.94. The first-order valence-corrected chi connectivity index (χ1v) is 9.07. The van der Waals surface area contributed by atoms with E-state index in [0.717, 1.165) is 31.6 Å². The van der Waals surface area contributed by atoms with Crippen molar-refractivity contribution in [2.24, 2.45) is 0 Å². The van der Waals surface area contributed by atoms with Gasteiger partial charge in [-0.15, -0.1) is 23.1 Å². The lowest BCUT2D eigenvalue weighted by Crippen LogP contribution is -2.50. The summed E-state index contributed by atoms with van der Waals surface area (Å²) in [6, 6.07) is 4.20. The first-order chi connectivity index (χ1) is 9.62. The summed E-state index contributed by atoms with van der Waals surface area (Å²) in [7, 11) is 0. The van der Waals surface area contributed by atoms with E-state index in [9.17, 15) is 4.79 Å². The minimum Gasteiger partial charge on any atom is -0.465 e. The molecule has 0 bridgehead atoms. The van der Waals surface area contributed by atoms with Gasteiger partial charge in [0.2, 0.25) is 0 Å². The normalized spacial score (nSPS) is 13.9. The molecule has 0 amide bonds. The van der Waals surface area contributed by atoms with Gasteiger partial charge in [-0.25, -0.2) is 0 Å². The maximum Gasteiger partial charge on any atom is 0.326 e. The SMILES string of the molecule is CCCNC(C)(CCCSc1cccs1)C(=O)OCC. The van der Waals surface area contributed by atoms with Gasteiger partial charge >= 0.3 is 5.97 Å². The van der Waals surface area contributed by atoms with E-state index < -0.39 is 5.54 Å². The molecule has 0 aliphatic rings. The van der Waals surface area contributed by atoms with E-state index in [-0.39, 0.29) is 5.97 Å². The van der Waals surface area contributed by atoms with Crippen LogP contribution < -0.4 is 5.32 Å². The zero-order valence-corrected chi connectivity index (χ0v) is 14.2. The molecule has 5 heteroatoms. The van der Waals surface area contributed by atoms with Gasteiger partial charge < -0.3 is 10.1 Å². The Labute approximate surface area is 130 Å². The minimum atomic E-state index is -0.554. The van der Waals surface area contributed by atoms with Crippen molar-refractivity contribution in [2.75, 3.05) is 18.9 Å². The number of carbonyl (C=O) groups excluding carboxylic acids is 1. The molecule has 0 saturated heterocycles. The Hall–Kier alpha value is -0.520. The van der Waals surface area contributed by atoms with Gasteiger partial charge in [0.25, 0.3) is 0 Å². The zero-order chi connectivity index (χ0) is 14.8. The lowest BCUT2D eigenvalue weighted by atomic mass is 9.96. The molecule has 0 saturated carbocycles. The second-order valence-electron chi connectivity index (χ2n) is 4.86. The number of ether oxygens (including phenoxy) is 1. The van der Waals surface area contributed by atoms with Crippen LogP contribution in [0.25, 0.3) is 0 Å². The summed E-state index contributed by atoms with van der Waals surface area (Å²) < 4.78 is 6.54. The van der Waals surface area contributed by atoms with Crippen LogP contribution in [0.15, 0.2) is 21.7 Å². The fourth-order valence-electron chi connectivity index (χ4n) is 1.90. The average molecular weight is 316 g/mol. The molecule has 3 nitrogen and oxygen atoms in total. The standard InChI is InChI=1S/C15H25NO2S2/c1-4-10-16-15(3,14(17)18-5-2)9-7-12-20-13-8-6-11-19-13/h6,8,11,16H,4-5,7,9-10,12H2,1-3H3. The highest BCUT2D eigenvalue weighted by Crippen LogP contribution is 2.25. The van der Waals surface area contributed by atoms with Gasteiger partial charge in [-0.05, 0) is 56.9 Å². The lowest BCUT2D eigenvalue weighted by molar-refractivity contribution is -0.150. The van der Waals surface area contributed by atoms with E-state index in [1.807, 2.05) is 25.6 Å². The molecule has 1 atom stereocenters. The Balaban J connectivity index is 2.40. The fraction of sp³-hybridized carbons (Fsp3) is 0.667. The minimum absolute atomic E-state index is 0.130. The second-order valence-corrected chi connectivity index (χ2v) is 7.21. The Kier molecular flexibility index (Phi) is 8.26. The predicted molar refractivity (Wildman–Crippen MR) is 87.6 cm³/mol. The van der Waals surface area contributed by atoms with Crippen molar-refractivity contribution in [3.8, 4) is 0 Å². The largest absolute Gasteiger partial charge is 0.465 e. The molecule has 1 rings (SSSR count). The van der Waals surface area contributed by atoms with Gasteiger partial charge in [-0.1, -0.05) is 13.0 Å². The highest BCUT2D eigenvalue weighted by molar-refractivity contribution is 8.01. The molecule has 0 aliphatic carbocycles. The number of esters is 1. The molecule has 0 radical (unpaired) electrons. The van der Waals surface area contributed by atoms with Crippen molar-refractivity contribution in [3.05, 3.63) is 17.5 Å². The number of carbonyl (C=O) groups is 1.